The molecule has 2 aliphatic rings. The van der Waals surface area contributed by atoms with Gasteiger partial charge in [0.05, 0.1) is 24.9 Å². The number of benzene rings is 1. The van der Waals surface area contributed by atoms with Crippen molar-refractivity contribution >= 4 is 35.1 Å². The molecular formula is C19H24ClN3O5. The second-order valence-electron chi connectivity index (χ2n) is 7.17. The minimum atomic E-state index is -0.892. The predicted octanol–water partition coefficient (Wildman–Crippen LogP) is 2.80. The molecule has 1 spiro atoms. The summed E-state index contributed by atoms with van der Waals surface area (Å²) in [5.74, 6) is -0.116. The molecule has 152 valence electrons. The number of halogens is 1. The van der Waals surface area contributed by atoms with Gasteiger partial charge in [-0.25, -0.2) is 4.79 Å². The van der Waals surface area contributed by atoms with Crippen molar-refractivity contribution < 1.29 is 23.9 Å². The number of carbonyl (C=O) groups is 3. The van der Waals surface area contributed by atoms with Crippen LogP contribution in [0.4, 0.5) is 10.5 Å². The molecule has 9 heteroatoms. The van der Waals surface area contributed by atoms with Crippen LogP contribution in [-0.4, -0.2) is 49.0 Å². The Hall–Kier alpha value is -2.48. The van der Waals surface area contributed by atoms with E-state index in [2.05, 4.69) is 10.6 Å². The summed E-state index contributed by atoms with van der Waals surface area (Å²) in [4.78, 5) is 38.9. The molecule has 28 heavy (non-hydrogen) atoms. The Morgan fingerprint density at radius 3 is 2.64 bits per heavy atom. The number of hydrogen-bond donors (Lipinski definition) is 2. The Bertz CT molecular complexity index is 815. The van der Waals surface area contributed by atoms with E-state index in [1.54, 1.807) is 0 Å². The first-order chi connectivity index (χ1) is 13.3. The van der Waals surface area contributed by atoms with E-state index >= 15 is 0 Å². The summed E-state index contributed by atoms with van der Waals surface area (Å²) in [5, 5.41) is 5.82. The molecular weight excluding hydrogens is 386 g/mol. The van der Waals surface area contributed by atoms with Gasteiger partial charge in [0.25, 0.3) is 5.91 Å². The second kappa shape index (κ2) is 7.87. The van der Waals surface area contributed by atoms with Crippen molar-refractivity contribution in [3.8, 4) is 11.5 Å². The second-order valence-corrected chi connectivity index (χ2v) is 7.58. The molecule has 1 aliphatic carbocycles. The molecule has 8 nitrogen and oxygen atoms in total. The molecule has 2 N–H and O–H groups in total. The Morgan fingerprint density at radius 2 is 2.00 bits per heavy atom. The molecule has 3 rings (SSSR count). The van der Waals surface area contributed by atoms with Crippen molar-refractivity contribution in [2.75, 3.05) is 26.1 Å². The number of anilines is 1. The Morgan fingerprint density at radius 1 is 1.29 bits per heavy atom. The van der Waals surface area contributed by atoms with E-state index in [4.69, 9.17) is 21.1 Å². The largest absolute Gasteiger partial charge is 0.495 e. The lowest BCUT2D eigenvalue weighted by molar-refractivity contribution is -0.136. The highest BCUT2D eigenvalue weighted by Gasteiger charge is 2.55. The van der Waals surface area contributed by atoms with Gasteiger partial charge in [-0.2, -0.15) is 0 Å². The summed E-state index contributed by atoms with van der Waals surface area (Å²) in [5.41, 5.74) is -0.557. The third-order valence-corrected chi connectivity index (χ3v) is 5.85. The number of amides is 4. The maximum Gasteiger partial charge on any atom is 0.325 e. The Labute approximate surface area is 168 Å². The Kier molecular flexibility index (Phi) is 5.69. The van der Waals surface area contributed by atoms with Crippen LogP contribution >= 0.6 is 11.6 Å². The molecule has 0 bridgehead atoms. The fourth-order valence-corrected chi connectivity index (χ4v) is 4.16. The molecule has 1 saturated heterocycles. The smallest absolute Gasteiger partial charge is 0.325 e. The van der Waals surface area contributed by atoms with E-state index in [0.29, 0.717) is 28.6 Å². The summed E-state index contributed by atoms with van der Waals surface area (Å²) >= 11 is 6.07. The lowest BCUT2D eigenvalue weighted by atomic mass is 9.73. The number of ether oxygens (including phenoxy) is 2. The van der Waals surface area contributed by atoms with Crippen molar-refractivity contribution in [3.05, 3.63) is 17.2 Å². The Balaban J connectivity index is 1.75. The lowest BCUT2D eigenvalue weighted by Crippen LogP contribution is -2.54. The minimum absolute atomic E-state index is 0.0337. The van der Waals surface area contributed by atoms with Crippen molar-refractivity contribution in [1.29, 1.82) is 0 Å². The standard InChI is InChI=1S/C19H24ClN3O5/c1-11-6-4-5-7-19(11)17(25)23(18(26)22-19)10-16(24)21-13-9-14(27-2)12(20)8-15(13)28-3/h8-9,11H,4-7,10H2,1-3H3,(H,21,24)(H,22,26)/t11-,19+/m1/s1. The predicted molar refractivity (Wildman–Crippen MR) is 104 cm³/mol. The van der Waals surface area contributed by atoms with Crippen LogP contribution in [0.1, 0.15) is 32.6 Å². The first-order valence-electron chi connectivity index (χ1n) is 9.18. The van der Waals surface area contributed by atoms with E-state index in [1.807, 2.05) is 6.92 Å². The number of methoxy groups -OCH3 is 2. The van der Waals surface area contributed by atoms with Crippen LogP contribution in [0.15, 0.2) is 12.1 Å². The summed E-state index contributed by atoms with van der Waals surface area (Å²) in [7, 11) is 2.90. The van der Waals surface area contributed by atoms with Gasteiger partial charge >= 0.3 is 6.03 Å². The van der Waals surface area contributed by atoms with Gasteiger partial charge in [0.15, 0.2) is 0 Å². The fraction of sp³-hybridized carbons (Fsp3) is 0.526. The summed E-state index contributed by atoms with van der Waals surface area (Å²) in [6, 6.07) is 2.51. The summed E-state index contributed by atoms with van der Waals surface area (Å²) in [6.45, 7) is 1.58. The summed E-state index contributed by atoms with van der Waals surface area (Å²) in [6.07, 6.45) is 3.37. The topological polar surface area (TPSA) is 97.0 Å². The third-order valence-electron chi connectivity index (χ3n) is 5.55. The molecule has 4 amide bonds. The van der Waals surface area contributed by atoms with Crippen molar-refractivity contribution in [1.82, 2.24) is 10.2 Å². The molecule has 1 aromatic rings. The number of rotatable bonds is 5. The van der Waals surface area contributed by atoms with Crippen molar-refractivity contribution in [3.63, 3.8) is 0 Å². The highest BCUT2D eigenvalue weighted by molar-refractivity contribution is 6.32. The van der Waals surface area contributed by atoms with Crippen LogP contribution in [0.5, 0.6) is 11.5 Å². The number of imide groups is 1. The van der Waals surface area contributed by atoms with Gasteiger partial charge in [-0.15, -0.1) is 0 Å². The molecule has 1 saturated carbocycles. The van der Waals surface area contributed by atoms with Gasteiger partial charge < -0.3 is 20.1 Å². The van der Waals surface area contributed by atoms with E-state index in [0.717, 1.165) is 24.2 Å². The van der Waals surface area contributed by atoms with Crippen LogP contribution < -0.4 is 20.1 Å². The van der Waals surface area contributed by atoms with E-state index in [-0.39, 0.29) is 18.4 Å². The van der Waals surface area contributed by atoms with E-state index in [9.17, 15) is 14.4 Å². The first-order valence-corrected chi connectivity index (χ1v) is 9.55. The minimum Gasteiger partial charge on any atom is -0.495 e. The van der Waals surface area contributed by atoms with Gasteiger partial charge in [-0.05, 0) is 18.8 Å². The quantitative estimate of drug-likeness (QED) is 0.729. The molecule has 0 radical (unpaired) electrons. The average molecular weight is 410 g/mol. The number of carbonyl (C=O) groups excluding carboxylic acids is 3. The highest BCUT2D eigenvalue weighted by Crippen LogP contribution is 2.38. The van der Waals surface area contributed by atoms with Gasteiger partial charge in [-0.3, -0.25) is 14.5 Å². The maximum atomic E-state index is 13.0. The molecule has 0 aromatic heterocycles. The lowest BCUT2D eigenvalue weighted by Gasteiger charge is -2.36. The van der Waals surface area contributed by atoms with Crippen LogP contribution in [0, 0.1) is 5.92 Å². The maximum absolute atomic E-state index is 13.0. The van der Waals surface area contributed by atoms with Crippen LogP contribution in [0.3, 0.4) is 0 Å². The normalized spacial score (nSPS) is 24.3. The zero-order chi connectivity index (χ0) is 20.5. The van der Waals surface area contributed by atoms with Crippen LogP contribution in [0.25, 0.3) is 0 Å². The molecule has 1 aromatic carbocycles. The molecule has 0 unspecified atom stereocenters. The average Bonchev–Trinajstić information content (AvgIpc) is 2.90. The van der Waals surface area contributed by atoms with Crippen molar-refractivity contribution in [2.45, 2.75) is 38.1 Å². The van der Waals surface area contributed by atoms with E-state index < -0.39 is 17.5 Å². The zero-order valence-electron chi connectivity index (χ0n) is 16.1. The molecule has 1 aliphatic heterocycles. The number of hydrogen-bond acceptors (Lipinski definition) is 5. The van der Waals surface area contributed by atoms with Crippen molar-refractivity contribution in [2.24, 2.45) is 5.92 Å². The van der Waals surface area contributed by atoms with Crippen LogP contribution in [0.2, 0.25) is 5.02 Å². The van der Waals surface area contributed by atoms with Crippen LogP contribution in [-0.2, 0) is 9.59 Å². The molecule has 1 heterocycles. The zero-order valence-corrected chi connectivity index (χ0v) is 16.9. The highest BCUT2D eigenvalue weighted by atomic mass is 35.5. The summed E-state index contributed by atoms with van der Waals surface area (Å²) < 4.78 is 10.4. The third kappa shape index (κ3) is 3.48. The van der Waals surface area contributed by atoms with E-state index in [1.165, 1.54) is 26.4 Å². The number of urea groups is 1. The first kappa shape index (κ1) is 20.3. The van der Waals surface area contributed by atoms with Gasteiger partial charge in [0.1, 0.15) is 23.6 Å². The van der Waals surface area contributed by atoms with Gasteiger partial charge in [-0.1, -0.05) is 31.4 Å². The number of nitrogens with zero attached hydrogens (tertiary/aromatic N) is 1. The van der Waals surface area contributed by atoms with Gasteiger partial charge in [0, 0.05) is 12.1 Å². The molecule has 2 atom stereocenters. The number of nitrogens with one attached hydrogen (secondary N) is 2. The van der Waals surface area contributed by atoms with Gasteiger partial charge in [0.2, 0.25) is 5.91 Å². The fourth-order valence-electron chi connectivity index (χ4n) is 3.93. The monoisotopic (exact) mass is 409 g/mol. The SMILES string of the molecule is COc1cc(NC(=O)CN2C(=O)N[C@]3(CCCC[C@H]3C)C2=O)c(OC)cc1Cl. The molecule has 2 fully saturated rings.